The van der Waals surface area contributed by atoms with Crippen molar-refractivity contribution in [1.82, 2.24) is 9.88 Å². The molecule has 0 unspecified atom stereocenters. The summed E-state index contributed by atoms with van der Waals surface area (Å²) in [6.07, 6.45) is 0.770. The van der Waals surface area contributed by atoms with E-state index in [0.717, 1.165) is 18.1 Å². The Morgan fingerprint density at radius 1 is 0.846 bits per heavy atom. The maximum absolute atomic E-state index is 12.4. The fourth-order valence-corrected chi connectivity index (χ4v) is 3.14. The van der Waals surface area contributed by atoms with Crippen LogP contribution in [0.4, 0.5) is 5.82 Å². The predicted octanol–water partition coefficient (Wildman–Crippen LogP) is 1.89. The van der Waals surface area contributed by atoms with E-state index in [4.69, 9.17) is 5.73 Å². The highest BCUT2D eigenvalue weighted by atomic mass is 16.2. The molecule has 6 nitrogen and oxygen atoms in total. The average molecular weight is 345 g/mol. The van der Waals surface area contributed by atoms with E-state index in [2.05, 4.69) is 5.32 Å². The molecule has 1 aromatic heterocycles. The molecule has 2 heterocycles. The average Bonchev–Trinajstić information content (AvgIpc) is 2.91. The van der Waals surface area contributed by atoms with Crippen LogP contribution in [0.15, 0.2) is 65.5 Å². The van der Waals surface area contributed by atoms with Crippen molar-refractivity contribution >= 4 is 17.6 Å². The number of imide groups is 1. The zero-order valence-electron chi connectivity index (χ0n) is 13.7. The molecule has 0 bridgehead atoms. The van der Waals surface area contributed by atoms with Crippen molar-refractivity contribution in [3.63, 3.8) is 0 Å². The number of nitrogens with zero attached hydrogens (tertiary/aromatic N) is 1. The largest absolute Gasteiger partial charge is 0.384 e. The first-order chi connectivity index (χ1) is 12.5. The maximum atomic E-state index is 12.4. The van der Waals surface area contributed by atoms with Gasteiger partial charge in [0.1, 0.15) is 5.82 Å². The lowest BCUT2D eigenvalue weighted by atomic mass is 10.0. The Morgan fingerprint density at radius 2 is 1.50 bits per heavy atom. The first-order valence-corrected chi connectivity index (χ1v) is 8.09. The van der Waals surface area contributed by atoms with Crippen molar-refractivity contribution in [3.05, 3.63) is 93.3 Å². The lowest BCUT2D eigenvalue weighted by Gasteiger charge is -2.12. The second kappa shape index (κ2) is 6.00. The van der Waals surface area contributed by atoms with Crippen LogP contribution >= 0.6 is 0 Å². The SMILES string of the molecule is Nc1c2c(cc(=O)n1-c1ccc(Cc3ccccc3)cc1)C(=O)NC2=O. The summed E-state index contributed by atoms with van der Waals surface area (Å²) in [5.74, 6) is -1.22. The summed E-state index contributed by atoms with van der Waals surface area (Å²) in [4.78, 5) is 36.1. The van der Waals surface area contributed by atoms with Gasteiger partial charge in [0.15, 0.2) is 0 Å². The summed E-state index contributed by atoms with van der Waals surface area (Å²) < 4.78 is 1.24. The number of fused-ring (bicyclic) bond motifs is 1. The molecule has 0 radical (unpaired) electrons. The third-order valence-electron chi connectivity index (χ3n) is 4.40. The number of hydrogen-bond donors (Lipinski definition) is 2. The minimum Gasteiger partial charge on any atom is -0.384 e. The highest BCUT2D eigenvalue weighted by molar-refractivity contribution is 6.23. The number of rotatable bonds is 3. The second-order valence-electron chi connectivity index (χ2n) is 6.10. The van der Waals surface area contributed by atoms with Crippen LogP contribution in [0.5, 0.6) is 0 Å². The van der Waals surface area contributed by atoms with Gasteiger partial charge in [-0.3, -0.25) is 24.3 Å². The molecule has 1 aliphatic heterocycles. The van der Waals surface area contributed by atoms with Gasteiger partial charge in [-0.15, -0.1) is 0 Å². The molecular formula is C20H15N3O3. The Bertz CT molecular complexity index is 1080. The van der Waals surface area contributed by atoms with Crippen molar-refractivity contribution in [1.29, 1.82) is 0 Å². The molecule has 0 atom stereocenters. The van der Waals surface area contributed by atoms with Gasteiger partial charge < -0.3 is 5.73 Å². The van der Waals surface area contributed by atoms with Gasteiger partial charge in [0, 0.05) is 6.07 Å². The lowest BCUT2D eigenvalue weighted by molar-refractivity contribution is 0.0880. The van der Waals surface area contributed by atoms with Gasteiger partial charge in [0.2, 0.25) is 0 Å². The molecule has 26 heavy (non-hydrogen) atoms. The Morgan fingerprint density at radius 3 is 2.19 bits per heavy atom. The zero-order chi connectivity index (χ0) is 18.3. The van der Waals surface area contributed by atoms with E-state index in [9.17, 15) is 14.4 Å². The summed E-state index contributed by atoms with van der Waals surface area (Å²) >= 11 is 0. The van der Waals surface area contributed by atoms with Gasteiger partial charge in [-0.1, -0.05) is 42.5 Å². The predicted molar refractivity (Wildman–Crippen MR) is 97.5 cm³/mol. The number of aromatic nitrogens is 1. The van der Waals surface area contributed by atoms with E-state index in [-0.39, 0.29) is 16.9 Å². The zero-order valence-corrected chi connectivity index (χ0v) is 13.7. The highest BCUT2D eigenvalue weighted by Gasteiger charge is 2.31. The quantitative estimate of drug-likeness (QED) is 0.709. The van der Waals surface area contributed by atoms with Crippen LogP contribution in [0.2, 0.25) is 0 Å². The summed E-state index contributed by atoms with van der Waals surface area (Å²) in [6.45, 7) is 0. The molecule has 4 rings (SSSR count). The van der Waals surface area contributed by atoms with E-state index in [0.29, 0.717) is 5.69 Å². The number of anilines is 1. The number of benzene rings is 2. The highest BCUT2D eigenvalue weighted by Crippen LogP contribution is 2.23. The summed E-state index contributed by atoms with van der Waals surface area (Å²) in [7, 11) is 0. The van der Waals surface area contributed by atoms with Crippen LogP contribution in [-0.4, -0.2) is 16.4 Å². The van der Waals surface area contributed by atoms with Crippen molar-refractivity contribution in [2.75, 3.05) is 5.73 Å². The number of carbonyl (C=O) groups excluding carboxylic acids is 2. The molecule has 0 fully saturated rings. The second-order valence-corrected chi connectivity index (χ2v) is 6.10. The van der Waals surface area contributed by atoms with Crippen LogP contribution in [0.25, 0.3) is 5.69 Å². The fourth-order valence-electron chi connectivity index (χ4n) is 3.14. The molecule has 2 aromatic carbocycles. The molecule has 128 valence electrons. The number of pyridine rings is 1. The Labute approximate surface area is 148 Å². The van der Waals surface area contributed by atoms with E-state index in [1.54, 1.807) is 12.1 Å². The monoisotopic (exact) mass is 345 g/mol. The van der Waals surface area contributed by atoms with Crippen LogP contribution in [-0.2, 0) is 6.42 Å². The third kappa shape index (κ3) is 2.57. The fraction of sp³-hybridized carbons (Fsp3) is 0.0500. The Hall–Kier alpha value is -3.67. The van der Waals surface area contributed by atoms with E-state index in [1.807, 2.05) is 42.5 Å². The number of amides is 2. The normalized spacial score (nSPS) is 12.8. The smallest absolute Gasteiger partial charge is 0.262 e. The van der Waals surface area contributed by atoms with Crippen LogP contribution < -0.4 is 16.6 Å². The van der Waals surface area contributed by atoms with Gasteiger partial charge in [-0.25, -0.2) is 0 Å². The molecule has 0 saturated carbocycles. The van der Waals surface area contributed by atoms with Crippen LogP contribution in [0.3, 0.4) is 0 Å². The third-order valence-corrected chi connectivity index (χ3v) is 4.40. The first-order valence-electron chi connectivity index (χ1n) is 8.09. The van der Waals surface area contributed by atoms with Crippen LogP contribution in [0.1, 0.15) is 31.8 Å². The van der Waals surface area contributed by atoms with Crippen LogP contribution in [0, 0.1) is 0 Å². The Balaban J connectivity index is 1.73. The van der Waals surface area contributed by atoms with E-state index < -0.39 is 17.4 Å². The van der Waals surface area contributed by atoms with Crippen molar-refractivity contribution in [2.45, 2.75) is 6.42 Å². The van der Waals surface area contributed by atoms with Crippen molar-refractivity contribution < 1.29 is 9.59 Å². The molecule has 0 spiro atoms. The summed E-state index contributed by atoms with van der Waals surface area (Å²) in [6, 6.07) is 18.6. The summed E-state index contributed by atoms with van der Waals surface area (Å²) in [5.41, 5.74) is 8.45. The van der Waals surface area contributed by atoms with Gasteiger partial charge >= 0.3 is 0 Å². The standard InChI is InChI=1S/C20H15N3O3/c21-18-17-15(19(25)22-20(17)26)11-16(24)23(18)14-8-6-13(7-9-14)10-12-4-2-1-3-5-12/h1-9,11H,10,21H2,(H,22,25,26). The lowest BCUT2D eigenvalue weighted by Crippen LogP contribution is -2.24. The van der Waals surface area contributed by atoms with Gasteiger partial charge in [-0.2, -0.15) is 0 Å². The van der Waals surface area contributed by atoms with Crippen molar-refractivity contribution in [3.8, 4) is 5.69 Å². The molecule has 0 saturated heterocycles. The topological polar surface area (TPSA) is 94.2 Å². The Kier molecular flexibility index (Phi) is 3.65. The molecule has 3 aromatic rings. The molecule has 1 aliphatic rings. The van der Waals surface area contributed by atoms with Gasteiger partial charge in [0.05, 0.1) is 16.8 Å². The first kappa shape index (κ1) is 15.8. The van der Waals surface area contributed by atoms with Gasteiger partial charge in [0.25, 0.3) is 17.4 Å². The molecule has 6 heteroatoms. The molecule has 2 amide bonds. The number of nitrogens with two attached hydrogens (primary N) is 1. The minimum absolute atomic E-state index is 0.0226. The number of hydrogen-bond acceptors (Lipinski definition) is 4. The van der Waals surface area contributed by atoms with Crippen molar-refractivity contribution in [2.24, 2.45) is 0 Å². The summed E-state index contributed by atoms with van der Waals surface area (Å²) in [5, 5.41) is 2.16. The number of nitrogen functional groups attached to an aromatic ring is 1. The maximum Gasteiger partial charge on any atom is 0.262 e. The molecule has 0 aliphatic carbocycles. The van der Waals surface area contributed by atoms with Gasteiger partial charge in [-0.05, 0) is 29.7 Å². The minimum atomic E-state index is -0.598. The number of nitrogens with one attached hydrogen (secondary N) is 1. The molecule has 3 N–H and O–H groups in total. The van der Waals surface area contributed by atoms with E-state index >= 15 is 0 Å². The molecular weight excluding hydrogens is 330 g/mol. The van der Waals surface area contributed by atoms with E-state index in [1.165, 1.54) is 10.1 Å². The number of carbonyl (C=O) groups is 2.